The Morgan fingerprint density at radius 2 is 1.76 bits per heavy atom. The minimum atomic E-state index is -1.30. The number of anilines is 1. The number of halogens is 2. The van der Waals surface area contributed by atoms with Gasteiger partial charge in [0.1, 0.15) is 12.1 Å². The summed E-state index contributed by atoms with van der Waals surface area (Å²) in [6, 6.07) is 9.51. The first-order chi connectivity index (χ1) is 13.6. The lowest BCUT2D eigenvalue weighted by molar-refractivity contribution is -0.133. The molecule has 0 aromatic heterocycles. The van der Waals surface area contributed by atoms with Gasteiger partial charge in [-0.15, -0.1) is 0 Å². The third-order valence-corrected chi connectivity index (χ3v) is 4.93. The molecule has 0 radical (unpaired) electrons. The number of urea groups is 1. The van der Waals surface area contributed by atoms with Crippen LogP contribution in [-0.2, 0) is 15.1 Å². The second-order valence-corrected chi connectivity index (χ2v) is 7.40. The van der Waals surface area contributed by atoms with Gasteiger partial charge in [0.15, 0.2) is 11.6 Å². The van der Waals surface area contributed by atoms with Crippen molar-refractivity contribution in [2.75, 3.05) is 11.9 Å². The van der Waals surface area contributed by atoms with Gasteiger partial charge in [0.05, 0.1) is 0 Å². The molecule has 0 saturated carbocycles. The van der Waals surface area contributed by atoms with Crippen LogP contribution in [-0.4, -0.2) is 29.3 Å². The molecule has 29 heavy (non-hydrogen) atoms. The minimum absolute atomic E-state index is 0.0213. The highest BCUT2D eigenvalue weighted by Gasteiger charge is 2.49. The van der Waals surface area contributed by atoms with Crippen LogP contribution in [0, 0.1) is 11.6 Å². The van der Waals surface area contributed by atoms with E-state index < -0.39 is 41.6 Å². The summed E-state index contributed by atoms with van der Waals surface area (Å²) in [5.74, 6) is -3.12. The van der Waals surface area contributed by atoms with E-state index in [1.54, 1.807) is 19.1 Å². The summed E-state index contributed by atoms with van der Waals surface area (Å²) < 4.78 is 26.3. The first-order valence-electron chi connectivity index (χ1n) is 9.11. The Morgan fingerprint density at radius 1 is 1.10 bits per heavy atom. The molecule has 2 aromatic carbocycles. The Labute approximate surface area is 166 Å². The molecular weight excluding hydrogens is 380 g/mol. The molecule has 1 unspecified atom stereocenters. The van der Waals surface area contributed by atoms with Crippen LogP contribution in [0.25, 0.3) is 0 Å². The van der Waals surface area contributed by atoms with Gasteiger partial charge in [-0.05, 0) is 36.1 Å². The van der Waals surface area contributed by atoms with Crippen LogP contribution in [0.5, 0.6) is 0 Å². The van der Waals surface area contributed by atoms with Crippen LogP contribution < -0.4 is 10.6 Å². The average Bonchev–Trinajstić information content (AvgIpc) is 2.89. The first kappa shape index (κ1) is 20.4. The summed E-state index contributed by atoms with van der Waals surface area (Å²) in [6.45, 7) is 5.12. The van der Waals surface area contributed by atoms with Gasteiger partial charge in [-0.1, -0.05) is 38.1 Å². The fraction of sp³-hybridized carbons (Fsp3) is 0.286. The maximum Gasteiger partial charge on any atom is 0.325 e. The number of carbonyl (C=O) groups is 3. The van der Waals surface area contributed by atoms with Gasteiger partial charge in [-0.3, -0.25) is 14.5 Å². The van der Waals surface area contributed by atoms with Crippen molar-refractivity contribution in [2.45, 2.75) is 32.2 Å². The predicted molar refractivity (Wildman–Crippen MR) is 103 cm³/mol. The monoisotopic (exact) mass is 401 g/mol. The molecule has 3 rings (SSSR count). The fourth-order valence-electron chi connectivity index (χ4n) is 3.16. The van der Waals surface area contributed by atoms with E-state index >= 15 is 0 Å². The van der Waals surface area contributed by atoms with Crippen molar-refractivity contribution in [1.82, 2.24) is 10.2 Å². The third-order valence-electron chi connectivity index (χ3n) is 4.93. The largest absolute Gasteiger partial charge is 0.325 e. The number of carbonyl (C=O) groups excluding carboxylic acids is 3. The average molecular weight is 401 g/mol. The van der Waals surface area contributed by atoms with Gasteiger partial charge in [-0.2, -0.15) is 0 Å². The molecule has 152 valence electrons. The molecule has 6 nitrogen and oxygen atoms in total. The summed E-state index contributed by atoms with van der Waals surface area (Å²) in [4.78, 5) is 38.3. The molecule has 4 amide bonds. The molecule has 1 fully saturated rings. The maximum atomic E-state index is 13.3. The van der Waals surface area contributed by atoms with E-state index in [-0.39, 0.29) is 5.69 Å². The first-order valence-corrected chi connectivity index (χ1v) is 9.11. The molecule has 2 N–H and O–H groups in total. The number of benzene rings is 2. The normalized spacial score (nSPS) is 18.9. The van der Waals surface area contributed by atoms with E-state index in [0.29, 0.717) is 11.5 Å². The fourth-order valence-corrected chi connectivity index (χ4v) is 3.16. The van der Waals surface area contributed by atoms with E-state index in [0.717, 1.165) is 22.6 Å². The van der Waals surface area contributed by atoms with Gasteiger partial charge in [0, 0.05) is 11.8 Å². The lowest BCUT2D eigenvalue weighted by atomic mass is 9.90. The number of hydrogen-bond acceptors (Lipinski definition) is 3. The van der Waals surface area contributed by atoms with Crippen molar-refractivity contribution in [3.8, 4) is 0 Å². The molecule has 0 aliphatic carbocycles. The number of rotatable bonds is 5. The lowest BCUT2D eigenvalue weighted by Crippen LogP contribution is -2.42. The quantitative estimate of drug-likeness (QED) is 0.753. The van der Waals surface area contributed by atoms with Crippen LogP contribution in [0.1, 0.15) is 37.8 Å². The number of hydrogen-bond donors (Lipinski definition) is 2. The van der Waals surface area contributed by atoms with Crippen molar-refractivity contribution in [3.63, 3.8) is 0 Å². The molecule has 8 heteroatoms. The molecule has 1 saturated heterocycles. The summed E-state index contributed by atoms with van der Waals surface area (Å²) in [5, 5.41) is 4.97. The van der Waals surface area contributed by atoms with Crippen molar-refractivity contribution < 1.29 is 23.2 Å². The number of amides is 4. The molecule has 0 bridgehead atoms. The maximum absolute atomic E-state index is 13.3. The lowest BCUT2D eigenvalue weighted by Gasteiger charge is -2.22. The topological polar surface area (TPSA) is 78.5 Å². The summed E-state index contributed by atoms with van der Waals surface area (Å²) in [7, 11) is 0. The molecular formula is C21H21F2N3O3. The zero-order valence-electron chi connectivity index (χ0n) is 16.3. The van der Waals surface area contributed by atoms with Crippen LogP contribution in [0.3, 0.4) is 0 Å². The minimum Gasteiger partial charge on any atom is -0.324 e. The van der Waals surface area contributed by atoms with Crippen molar-refractivity contribution in [2.24, 2.45) is 0 Å². The standard InChI is InChI=1S/C21H21F2N3O3/c1-12(2)13-4-6-14(7-5-13)21(3)19(28)26(20(29)25-21)11-18(27)24-15-8-9-16(22)17(23)10-15/h4-10,12H,11H2,1-3H3,(H,24,27)(H,25,29). The van der Waals surface area contributed by atoms with E-state index in [1.165, 1.54) is 6.07 Å². The number of imide groups is 1. The Bertz CT molecular complexity index is 976. The predicted octanol–water partition coefficient (Wildman–Crippen LogP) is 3.49. The SMILES string of the molecule is CC(C)c1ccc(C2(C)NC(=O)N(CC(=O)Nc3ccc(F)c(F)c3)C2=O)cc1. The Morgan fingerprint density at radius 3 is 2.34 bits per heavy atom. The van der Waals surface area contributed by atoms with Gasteiger partial charge in [0.2, 0.25) is 5.91 Å². The summed E-state index contributed by atoms with van der Waals surface area (Å²) in [6.07, 6.45) is 0. The molecule has 1 aliphatic heterocycles. The number of nitrogens with one attached hydrogen (secondary N) is 2. The Hall–Kier alpha value is -3.29. The van der Waals surface area contributed by atoms with Gasteiger partial charge in [-0.25, -0.2) is 13.6 Å². The second-order valence-electron chi connectivity index (χ2n) is 7.40. The van der Waals surface area contributed by atoms with E-state index in [2.05, 4.69) is 10.6 Å². The zero-order chi connectivity index (χ0) is 21.3. The molecule has 2 aromatic rings. The Balaban J connectivity index is 1.74. The van der Waals surface area contributed by atoms with Crippen molar-refractivity contribution >= 4 is 23.5 Å². The highest BCUT2D eigenvalue weighted by Crippen LogP contribution is 2.30. The highest BCUT2D eigenvalue weighted by atomic mass is 19.2. The van der Waals surface area contributed by atoms with E-state index in [1.807, 2.05) is 26.0 Å². The second kappa shape index (κ2) is 7.62. The van der Waals surface area contributed by atoms with E-state index in [4.69, 9.17) is 0 Å². The van der Waals surface area contributed by atoms with E-state index in [9.17, 15) is 23.2 Å². The zero-order valence-corrected chi connectivity index (χ0v) is 16.3. The third kappa shape index (κ3) is 3.96. The van der Waals surface area contributed by atoms with Crippen LogP contribution in [0.15, 0.2) is 42.5 Å². The van der Waals surface area contributed by atoms with Gasteiger partial charge in [0.25, 0.3) is 5.91 Å². The molecule has 1 heterocycles. The molecule has 0 spiro atoms. The van der Waals surface area contributed by atoms with Crippen LogP contribution in [0.2, 0.25) is 0 Å². The Kier molecular flexibility index (Phi) is 5.37. The molecule has 1 aliphatic rings. The van der Waals surface area contributed by atoms with Crippen molar-refractivity contribution in [3.05, 3.63) is 65.2 Å². The highest BCUT2D eigenvalue weighted by molar-refractivity contribution is 6.10. The number of nitrogens with zero attached hydrogens (tertiary/aromatic N) is 1. The molecule has 1 atom stereocenters. The smallest absolute Gasteiger partial charge is 0.324 e. The summed E-state index contributed by atoms with van der Waals surface area (Å²) in [5.41, 5.74) is 0.420. The summed E-state index contributed by atoms with van der Waals surface area (Å²) >= 11 is 0. The van der Waals surface area contributed by atoms with Crippen LogP contribution in [0.4, 0.5) is 19.3 Å². The van der Waals surface area contributed by atoms with Crippen molar-refractivity contribution in [1.29, 1.82) is 0 Å². The van der Waals surface area contributed by atoms with Gasteiger partial charge >= 0.3 is 6.03 Å². The van der Waals surface area contributed by atoms with Crippen LogP contribution >= 0.6 is 0 Å². The van der Waals surface area contributed by atoms with Gasteiger partial charge < -0.3 is 10.6 Å².